The second kappa shape index (κ2) is 11.5. The first-order chi connectivity index (χ1) is 12.3. The van der Waals surface area contributed by atoms with Gasteiger partial charge in [-0.05, 0) is 18.2 Å². The SMILES string of the molecule is Cl.O=C(CCSc1ccc2c(c1)OCCCO2)NCCN1CCNCC1. The van der Waals surface area contributed by atoms with Gasteiger partial charge in [0.25, 0.3) is 0 Å². The first-order valence-corrected chi connectivity index (χ1v) is 10.0. The predicted octanol–water partition coefficient (Wildman–Crippen LogP) is 1.77. The predicted molar refractivity (Wildman–Crippen MR) is 107 cm³/mol. The lowest BCUT2D eigenvalue weighted by Crippen LogP contribution is -2.46. The summed E-state index contributed by atoms with van der Waals surface area (Å²) in [5, 5.41) is 6.35. The maximum atomic E-state index is 12.0. The molecular weight excluding hydrogens is 374 g/mol. The van der Waals surface area contributed by atoms with Crippen molar-refractivity contribution in [3.05, 3.63) is 18.2 Å². The summed E-state index contributed by atoms with van der Waals surface area (Å²) >= 11 is 1.67. The van der Waals surface area contributed by atoms with Crippen molar-refractivity contribution in [3.63, 3.8) is 0 Å². The molecule has 8 heteroatoms. The van der Waals surface area contributed by atoms with Crippen LogP contribution in [0.5, 0.6) is 11.5 Å². The maximum absolute atomic E-state index is 12.0. The molecule has 2 aliphatic rings. The van der Waals surface area contributed by atoms with E-state index in [9.17, 15) is 4.79 Å². The Morgan fingerprint density at radius 2 is 1.96 bits per heavy atom. The van der Waals surface area contributed by atoms with Crippen LogP contribution in [0, 0.1) is 0 Å². The van der Waals surface area contributed by atoms with Crippen molar-refractivity contribution in [1.82, 2.24) is 15.5 Å². The average molecular weight is 402 g/mol. The molecule has 0 aromatic heterocycles. The van der Waals surface area contributed by atoms with Gasteiger partial charge in [-0.25, -0.2) is 0 Å². The normalized spacial score (nSPS) is 17.1. The number of benzene rings is 1. The van der Waals surface area contributed by atoms with Gasteiger partial charge in [0.2, 0.25) is 5.91 Å². The molecule has 0 saturated carbocycles. The molecule has 0 atom stereocenters. The molecule has 1 aromatic rings. The van der Waals surface area contributed by atoms with E-state index in [0.29, 0.717) is 19.6 Å². The third kappa shape index (κ3) is 6.87. The van der Waals surface area contributed by atoms with Gasteiger partial charge in [-0.15, -0.1) is 24.2 Å². The van der Waals surface area contributed by atoms with Crippen molar-refractivity contribution in [3.8, 4) is 11.5 Å². The molecule has 3 rings (SSSR count). The van der Waals surface area contributed by atoms with Crippen LogP contribution >= 0.6 is 24.2 Å². The second-order valence-electron chi connectivity index (χ2n) is 6.20. The van der Waals surface area contributed by atoms with E-state index in [0.717, 1.165) is 67.8 Å². The van der Waals surface area contributed by atoms with Gasteiger partial charge in [-0.2, -0.15) is 0 Å². The van der Waals surface area contributed by atoms with Crippen molar-refractivity contribution in [1.29, 1.82) is 0 Å². The van der Waals surface area contributed by atoms with Crippen LogP contribution in [0.2, 0.25) is 0 Å². The fourth-order valence-corrected chi connectivity index (χ4v) is 3.75. The van der Waals surface area contributed by atoms with Gasteiger partial charge < -0.3 is 20.1 Å². The average Bonchev–Trinajstić information content (AvgIpc) is 2.87. The number of nitrogens with zero attached hydrogens (tertiary/aromatic N) is 1. The summed E-state index contributed by atoms with van der Waals surface area (Å²) in [6.07, 6.45) is 1.44. The fourth-order valence-electron chi connectivity index (χ4n) is 2.87. The highest BCUT2D eigenvalue weighted by Crippen LogP contribution is 2.33. The highest BCUT2D eigenvalue weighted by atomic mass is 35.5. The van der Waals surface area contributed by atoms with Crippen LogP contribution < -0.4 is 20.1 Å². The van der Waals surface area contributed by atoms with Gasteiger partial charge in [0.15, 0.2) is 11.5 Å². The number of carbonyl (C=O) groups is 1. The lowest BCUT2D eigenvalue weighted by atomic mass is 10.3. The summed E-state index contributed by atoms with van der Waals surface area (Å²) in [5.41, 5.74) is 0. The van der Waals surface area contributed by atoms with Crippen LogP contribution in [-0.4, -0.2) is 69.0 Å². The van der Waals surface area contributed by atoms with Crippen molar-refractivity contribution in [2.24, 2.45) is 0 Å². The highest BCUT2D eigenvalue weighted by molar-refractivity contribution is 7.99. The lowest BCUT2D eigenvalue weighted by molar-refractivity contribution is -0.120. The molecule has 146 valence electrons. The fraction of sp³-hybridized carbons (Fsp3) is 0.611. The van der Waals surface area contributed by atoms with Gasteiger partial charge in [-0.1, -0.05) is 0 Å². The van der Waals surface area contributed by atoms with Crippen LogP contribution in [-0.2, 0) is 4.79 Å². The molecule has 2 N–H and O–H groups in total. The summed E-state index contributed by atoms with van der Waals surface area (Å²) in [4.78, 5) is 15.4. The quantitative estimate of drug-likeness (QED) is 0.679. The minimum atomic E-state index is 0. The van der Waals surface area contributed by atoms with E-state index < -0.39 is 0 Å². The molecule has 1 saturated heterocycles. The molecular formula is C18H28ClN3O3S. The molecule has 1 amide bonds. The number of hydrogen-bond donors (Lipinski definition) is 2. The van der Waals surface area contributed by atoms with Crippen molar-refractivity contribution >= 4 is 30.1 Å². The summed E-state index contributed by atoms with van der Waals surface area (Å²) in [5.74, 6) is 2.51. The minimum absolute atomic E-state index is 0. The van der Waals surface area contributed by atoms with Crippen LogP contribution in [0.4, 0.5) is 0 Å². The summed E-state index contributed by atoms with van der Waals surface area (Å²) < 4.78 is 11.3. The Bertz CT molecular complexity index is 571. The Morgan fingerprint density at radius 3 is 2.77 bits per heavy atom. The van der Waals surface area contributed by atoms with E-state index in [2.05, 4.69) is 15.5 Å². The van der Waals surface area contributed by atoms with Crippen LogP contribution in [0.15, 0.2) is 23.1 Å². The number of amides is 1. The molecule has 0 bridgehead atoms. The Kier molecular flexibility index (Phi) is 9.39. The largest absolute Gasteiger partial charge is 0.490 e. The molecule has 0 radical (unpaired) electrons. The molecule has 6 nitrogen and oxygen atoms in total. The van der Waals surface area contributed by atoms with E-state index in [1.54, 1.807) is 11.8 Å². The Hall–Kier alpha value is -1.15. The van der Waals surface area contributed by atoms with Crippen LogP contribution in [0.25, 0.3) is 0 Å². The van der Waals surface area contributed by atoms with Gasteiger partial charge >= 0.3 is 0 Å². The monoisotopic (exact) mass is 401 g/mol. The van der Waals surface area contributed by atoms with Crippen LogP contribution in [0.3, 0.4) is 0 Å². The Morgan fingerprint density at radius 1 is 1.19 bits per heavy atom. The lowest BCUT2D eigenvalue weighted by Gasteiger charge is -2.27. The number of piperazine rings is 1. The number of ether oxygens (including phenoxy) is 2. The Balaban J connectivity index is 0.00000243. The van der Waals surface area contributed by atoms with E-state index in [1.807, 2.05) is 18.2 Å². The van der Waals surface area contributed by atoms with Gasteiger partial charge in [-0.3, -0.25) is 9.69 Å². The molecule has 1 fully saturated rings. The van der Waals surface area contributed by atoms with E-state index in [-0.39, 0.29) is 18.3 Å². The standard InChI is InChI=1S/C18H27N3O3S.ClH/c22-18(20-7-10-21-8-5-19-6-9-21)4-13-25-15-2-3-16-17(14-15)24-12-1-11-23-16;/h2-3,14,19H,1,4-13H2,(H,20,22);1H. The Labute approximate surface area is 165 Å². The van der Waals surface area contributed by atoms with E-state index in [1.165, 1.54) is 0 Å². The van der Waals surface area contributed by atoms with Crippen LogP contribution in [0.1, 0.15) is 12.8 Å². The molecule has 0 unspecified atom stereocenters. The third-order valence-electron chi connectivity index (χ3n) is 4.28. The number of hydrogen-bond acceptors (Lipinski definition) is 6. The van der Waals surface area contributed by atoms with E-state index >= 15 is 0 Å². The number of rotatable bonds is 7. The zero-order valence-corrected chi connectivity index (χ0v) is 16.6. The van der Waals surface area contributed by atoms with Gasteiger partial charge in [0.05, 0.1) is 13.2 Å². The van der Waals surface area contributed by atoms with Crippen molar-refractivity contribution in [2.75, 3.05) is 58.2 Å². The first-order valence-electron chi connectivity index (χ1n) is 9.03. The molecule has 2 aliphatic heterocycles. The summed E-state index contributed by atoms with van der Waals surface area (Å²) in [6, 6.07) is 5.99. The van der Waals surface area contributed by atoms with Gasteiger partial charge in [0.1, 0.15) is 0 Å². The molecule has 26 heavy (non-hydrogen) atoms. The molecule has 0 aliphatic carbocycles. The smallest absolute Gasteiger partial charge is 0.220 e. The summed E-state index contributed by atoms with van der Waals surface area (Å²) in [7, 11) is 0. The highest BCUT2D eigenvalue weighted by Gasteiger charge is 2.12. The molecule has 2 heterocycles. The zero-order chi connectivity index (χ0) is 17.3. The molecule has 0 spiro atoms. The minimum Gasteiger partial charge on any atom is -0.490 e. The third-order valence-corrected chi connectivity index (χ3v) is 5.27. The van der Waals surface area contributed by atoms with E-state index in [4.69, 9.17) is 9.47 Å². The number of thioether (sulfide) groups is 1. The number of fused-ring (bicyclic) bond motifs is 1. The number of halogens is 1. The summed E-state index contributed by atoms with van der Waals surface area (Å²) in [6.45, 7) is 7.27. The topological polar surface area (TPSA) is 62.8 Å². The number of nitrogens with one attached hydrogen (secondary N) is 2. The first kappa shape index (κ1) is 21.2. The zero-order valence-electron chi connectivity index (χ0n) is 15.0. The number of carbonyl (C=O) groups excluding carboxylic acids is 1. The van der Waals surface area contributed by atoms with Crippen molar-refractivity contribution < 1.29 is 14.3 Å². The maximum Gasteiger partial charge on any atom is 0.220 e. The van der Waals surface area contributed by atoms with Gasteiger partial charge in [0, 0.05) is 62.8 Å². The molecule has 1 aromatic carbocycles. The van der Waals surface area contributed by atoms with Crippen molar-refractivity contribution in [2.45, 2.75) is 17.7 Å². The second-order valence-corrected chi connectivity index (χ2v) is 7.37.